The smallest absolute Gasteiger partial charge is 0.146 e. The monoisotopic (exact) mass is 276 g/mol. The van der Waals surface area contributed by atoms with Crippen molar-refractivity contribution in [1.82, 2.24) is 4.98 Å². The van der Waals surface area contributed by atoms with Crippen molar-refractivity contribution in [3.05, 3.63) is 29.8 Å². The van der Waals surface area contributed by atoms with Crippen LogP contribution in [-0.4, -0.2) is 4.98 Å². The summed E-state index contributed by atoms with van der Waals surface area (Å²) in [7, 11) is 0. The van der Waals surface area contributed by atoms with Crippen molar-refractivity contribution >= 4 is 0 Å². The van der Waals surface area contributed by atoms with Gasteiger partial charge in [-0.2, -0.15) is 0 Å². The van der Waals surface area contributed by atoms with Gasteiger partial charge in [0.25, 0.3) is 0 Å². The van der Waals surface area contributed by atoms with Gasteiger partial charge in [0.2, 0.25) is 0 Å². The van der Waals surface area contributed by atoms with E-state index in [0.717, 1.165) is 19.3 Å². The molecule has 2 unspecified atom stereocenters. The summed E-state index contributed by atoms with van der Waals surface area (Å²) in [6.07, 6.45) is 13.9. The first-order chi connectivity index (χ1) is 9.72. The van der Waals surface area contributed by atoms with E-state index in [1.54, 1.807) is 12.3 Å². The van der Waals surface area contributed by atoms with Crippen LogP contribution in [0, 0.1) is 17.7 Å². The molecule has 1 aromatic rings. The van der Waals surface area contributed by atoms with Gasteiger partial charge in [-0.05, 0) is 30.7 Å². The van der Waals surface area contributed by atoms with Crippen molar-refractivity contribution in [1.29, 1.82) is 0 Å². The fourth-order valence-corrected chi connectivity index (χ4v) is 4.50. The van der Waals surface area contributed by atoms with Gasteiger partial charge in [-0.3, -0.25) is 4.98 Å². The molecule has 1 heterocycles. The average molecular weight is 276 g/mol. The van der Waals surface area contributed by atoms with Crippen molar-refractivity contribution < 1.29 is 4.39 Å². The third-order valence-corrected chi connectivity index (χ3v) is 5.51. The molecule has 110 valence electrons. The minimum atomic E-state index is -0.479. The third-order valence-electron chi connectivity index (χ3n) is 5.51. The maximum atomic E-state index is 14.2. The number of aromatic nitrogens is 1. The highest BCUT2D eigenvalue weighted by Gasteiger charge is 2.44. The van der Waals surface area contributed by atoms with E-state index in [0.29, 0.717) is 17.4 Å². The van der Waals surface area contributed by atoms with E-state index in [1.807, 2.05) is 0 Å². The lowest BCUT2D eigenvalue weighted by Crippen LogP contribution is -2.50. The molecule has 3 heteroatoms. The SMILES string of the molecule is NC1(c2ccncc2F)CCCCC1C1CCCCC1. The zero-order valence-corrected chi connectivity index (χ0v) is 12.2. The molecule has 2 atom stereocenters. The molecule has 20 heavy (non-hydrogen) atoms. The third kappa shape index (κ3) is 2.48. The normalized spacial score (nSPS) is 32.2. The van der Waals surface area contributed by atoms with Crippen LogP contribution >= 0.6 is 0 Å². The number of hydrogen-bond donors (Lipinski definition) is 1. The zero-order valence-electron chi connectivity index (χ0n) is 12.2. The standard InChI is InChI=1S/C17H25FN2/c18-16-12-20-11-9-15(16)17(19)10-5-4-8-14(17)13-6-2-1-3-7-13/h9,11-14H,1-8,10,19H2. The van der Waals surface area contributed by atoms with Gasteiger partial charge in [0.1, 0.15) is 5.82 Å². The van der Waals surface area contributed by atoms with Crippen LogP contribution in [0.3, 0.4) is 0 Å². The first kappa shape index (κ1) is 14.0. The summed E-state index contributed by atoms with van der Waals surface area (Å²) >= 11 is 0. The number of nitrogens with zero attached hydrogens (tertiary/aromatic N) is 1. The van der Waals surface area contributed by atoms with Crippen LogP contribution in [0.5, 0.6) is 0 Å². The summed E-state index contributed by atoms with van der Waals surface area (Å²) in [6, 6.07) is 1.80. The van der Waals surface area contributed by atoms with Gasteiger partial charge in [0, 0.05) is 17.3 Å². The second kappa shape index (κ2) is 5.80. The second-order valence-corrected chi connectivity index (χ2v) is 6.65. The summed E-state index contributed by atoms with van der Waals surface area (Å²) in [5, 5.41) is 0. The van der Waals surface area contributed by atoms with Crippen LogP contribution in [0.2, 0.25) is 0 Å². The zero-order chi connectivity index (χ0) is 14.0. The Hall–Kier alpha value is -0.960. The number of nitrogens with two attached hydrogens (primary N) is 1. The Morgan fingerprint density at radius 3 is 2.60 bits per heavy atom. The van der Waals surface area contributed by atoms with Crippen molar-refractivity contribution in [2.24, 2.45) is 17.6 Å². The average Bonchev–Trinajstić information content (AvgIpc) is 2.49. The van der Waals surface area contributed by atoms with Crippen molar-refractivity contribution in [2.75, 3.05) is 0 Å². The van der Waals surface area contributed by atoms with E-state index in [2.05, 4.69) is 4.98 Å². The van der Waals surface area contributed by atoms with E-state index in [9.17, 15) is 4.39 Å². The van der Waals surface area contributed by atoms with Gasteiger partial charge >= 0.3 is 0 Å². The maximum absolute atomic E-state index is 14.2. The molecule has 0 aliphatic heterocycles. The largest absolute Gasteiger partial charge is 0.321 e. The molecule has 1 aromatic heterocycles. The first-order valence-corrected chi connectivity index (χ1v) is 8.11. The Bertz CT molecular complexity index is 456. The quantitative estimate of drug-likeness (QED) is 0.881. The lowest BCUT2D eigenvalue weighted by Gasteiger charge is -2.46. The molecule has 0 radical (unpaired) electrons. The van der Waals surface area contributed by atoms with E-state index < -0.39 is 5.54 Å². The molecule has 0 aromatic carbocycles. The second-order valence-electron chi connectivity index (χ2n) is 6.65. The van der Waals surface area contributed by atoms with Crippen LogP contribution < -0.4 is 5.73 Å². The molecule has 0 bridgehead atoms. The topological polar surface area (TPSA) is 38.9 Å². The first-order valence-electron chi connectivity index (χ1n) is 8.11. The molecule has 2 fully saturated rings. The van der Waals surface area contributed by atoms with E-state index in [4.69, 9.17) is 5.73 Å². The fourth-order valence-electron chi connectivity index (χ4n) is 4.50. The molecule has 0 amide bonds. The Morgan fingerprint density at radius 1 is 1.10 bits per heavy atom. The van der Waals surface area contributed by atoms with Crippen LogP contribution in [0.1, 0.15) is 63.4 Å². The number of halogens is 1. The maximum Gasteiger partial charge on any atom is 0.146 e. The van der Waals surface area contributed by atoms with Crippen LogP contribution in [0.4, 0.5) is 4.39 Å². The lowest BCUT2D eigenvalue weighted by molar-refractivity contribution is 0.0957. The fraction of sp³-hybridized carbons (Fsp3) is 0.706. The van der Waals surface area contributed by atoms with Gasteiger partial charge in [0.15, 0.2) is 0 Å². The highest BCUT2D eigenvalue weighted by Crippen LogP contribution is 2.47. The molecular formula is C17H25FN2. The Kier molecular flexibility index (Phi) is 4.06. The lowest BCUT2D eigenvalue weighted by atomic mass is 9.62. The van der Waals surface area contributed by atoms with E-state index in [-0.39, 0.29) is 5.82 Å². The highest BCUT2D eigenvalue weighted by atomic mass is 19.1. The number of hydrogen-bond acceptors (Lipinski definition) is 2. The van der Waals surface area contributed by atoms with Gasteiger partial charge in [-0.25, -0.2) is 4.39 Å². The van der Waals surface area contributed by atoms with Crippen LogP contribution in [-0.2, 0) is 5.54 Å². The van der Waals surface area contributed by atoms with Crippen LogP contribution in [0.15, 0.2) is 18.5 Å². The van der Waals surface area contributed by atoms with Crippen molar-refractivity contribution in [2.45, 2.75) is 63.3 Å². The Labute approximate surface area is 121 Å². The molecule has 2 aliphatic carbocycles. The van der Waals surface area contributed by atoms with E-state index >= 15 is 0 Å². The molecule has 2 aliphatic rings. The molecule has 0 saturated heterocycles. The Balaban J connectivity index is 1.92. The predicted octanol–water partition coefficient (Wildman–Crippen LogP) is 4.15. The molecule has 2 saturated carbocycles. The van der Waals surface area contributed by atoms with Gasteiger partial charge in [0.05, 0.1) is 6.20 Å². The Morgan fingerprint density at radius 2 is 1.85 bits per heavy atom. The molecule has 2 N–H and O–H groups in total. The minimum Gasteiger partial charge on any atom is -0.321 e. The van der Waals surface area contributed by atoms with Gasteiger partial charge in [-0.15, -0.1) is 0 Å². The summed E-state index contributed by atoms with van der Waals surface area (Å²) < 4.78 is 14.2. The predicted molar refractivity (Wildman–Crippen MR) is 78.6 cm³/mol. The van der Waals surface area contributed by atoms with Crippen molar-refractivity contribution in [3.8, 4) is 0 Å². The minimum absolute atomic E-state index is 0.224. The summed E-state index contributed by atoms with van der Waals surface area (Å²) in [6.45, 7) is 0. The van der Waals surface area contributed by atoms with Crippen LogP contribution in [0.25, 0.3) is 0 Å². The molecule has 2 nitrogen and oxygen atoms in total. The number of rotatable bonds is 2. The van der Waals surface area contributed by atoms with Gasteiger partial charge in [-0.1, -0.05) is 44.9 Å². The van der Waals surface area contributed by atoms with Gasteiger partial charge < -0.3 is 5.73 Å². The summed E-state index contributed by atoms with van der Waals surface area (Å²) in [5.74, 6) is 0.896. The highest BCUT2D eigenvalue weighted by molar-refractivity contribution is 5.25. The number of pyridine rings is 1. The summed E-state index contributed by atoms with van der Waals surface area (Å²) in [4.78, 5) is 3.88. The summed E-state index contributed by atoms with van der Waals surface area (Å²) in [5.41, 5.74) is 7.01. The van der Waals surface area contributed by atoms with E-state index in [1.165, 1.54) is 44.7 Å². The molecular weight excluding hydrogens is 251 g/mol. The van der Waals surface area contributed by atoms with Crippen molar-refractivity contribution in [3.63, 3.8) is 0 Å². The molecule has 0 spiro atoms. The molecule has 3 rings (SSSR count).